The number of ketones is 1. The number of carbonyl (C=O) groups is 1. The van der Waals surface area contributed by atoms with Crippen molar-refractivity contribution in [3.05, 3.63) is 108 Å². The van der Waals surface area contributed by atoms with Crippen LogP contribution in [-0.2, 0) is 0 Å². The Morgan fingerprint density at radius 3 is 1.96 bits per heavy atom. The van der Waals surface area contributed by atoms with Crippen LogP contribution in [0.15, 0.2) is 91.0 Å². The second-order valence-electron chi connectivity index (χ2n) is 5.93. The Hall–Kier alpha value is -3.11. The molecule has 25 heavy (non-hydrogen) atoms. The van der Waals surface area contributed by atoms with Gasteiger partial charge in [-0.05, 0) is 24.1 Å². The van der Waals surface area contributed by atoms with Crippen molar-refractivity contribution in [1.29, 1.82) is 0 Å². The van der Waals surface area contributed by atoms with Gasteiger partial charge in [0.25, 0.3) is 0 Å². The number of hydrogen-bond acceptors (Lipinski definition) is 1. The monoisotopic (exact) mass is 324 g/mol. The molecule has 0 amide bonds. The van der Waals surface area contributed by atoms with E-state index in [4.69, 9.17) is 0 Å². The highest BCUT2D eigenvalue weighted by Crippen LogP contribution is 2.22. The van der Waals surface area contributed by atoms with E-state index in [-0.39, 0.29) is 11.7 Å². The summed E-state index contributed by atoms with van der Waals surface area (Å²) in [6.45, 7) is 0. The number of Topliss-reactive ketones (excluding diaryl/α,β-unsaturated/α-hetero) is 1. The number of hydrogen-bond donors (Lipinski definition) is 0. The van der Waals surface area contributed by atoms with Gasteiger partial charge in [0, 0.05) is 23.5 Å². The van der Waals surface area contributed by atoms with Gasteiger partial charge in [0.05, 0.1) is 0 Å². The van der Waals surface area contributed by atoms with Gasteiger partial charge in [-0.2, -0.15) is 0 Å². The summed E-state index contributed by atoms with van der Waals surface area (Å²) in [4.78, 5) is 12.4. The molecule has 0 N–H and O–H groups in total. The minimum Gasteiger partial charge on any atom is -0.294 e. The van der Waals surface area contributed by atoms with Crippen molar-refractivity contribution in [2.45, 2.75) is 18.8 Å². The van der Waals surface area contributed by atoms with Crippen LogP contribution in [0.25, 0.3) is 0 Å². The molecule has 0 aromatic heterocycles. The van der Waals surface area contributed by atoms with Gasteiger partial charge in [-0.25, -0.2) is 0 Å². The van der Waals surface area contributed by atoms with Crippen molar-refractivity contribution in [2.24, 2.45) is 0 Å². The van der Waals surface area contributed by atoms with Crippen LogP contribution in [0.3, 0.4) is 0 Å². The van der Waals surface area contributed by atoms with Crippen molar-refractivity contribution in [2.75, 3.05) is 0 Å². The first kappa shape index (κ1) is 16.7. The quantitative estimate of drug-likeness (QED) is 0.448. The maximum Gasteiger partial charge on any atom is 0.162 e. The molecular weight excluding hydrogens is 304 g/mol. The van der Waals surface area contributed by atoms with E-state index in [1.165, 1.54) is 0 Å². The standard InChI is InChI=1S/C24H20O/c25-24(23-14-8-3-9-15-23)19-18-22(21-12-6-2-7-13-21)17-16-20-10-4-1-5-11-20/h1-15,22H,18-19H2. The second kappa shape index (κ2) is 8.66. The van der Waals surface area contributed by atoms with E-state index in [0.717, 1.165) is 23.1 Å². The minimum absolute atomic E-state index is 0.0501. The van der Waals surface area contributed by atoms with Gasteiger partial charge in [-0.3, -0.25) is 4.79 Å². The molecule has 1 nitrogen and oxygen atoms in total. The van der Waals surface area contributed by atoms with E-state index in [2.05, 4.69) is 24.0 Å². The van der Waals surface area contributed by atoms with Crippen LogP contribution < -0.4 is 0 Å². The Labute approximate surface area is 149 Å². The highest BCUT2D eigenvalue weighted by molar-refractivity contribution is 5.96. The zero-order valence-electron chi connectivity index (χ0n) is 14.1. The molecule has 122 valence electrons. The molecule has 1 unspecified atom stereocenters. The smallest absolute Gasteiger partial charge is 0.162 e. The SMILES string of the molecule is O=C(CCC(C#Cc1ccccc1)c1ccccc1)c1ccccc1. The summed E-state index contributed by atoms with van der Waals surface area (Å²) in [5.41, 5.74) is 2.93. The molecule has 0 heterocycles. The average Bonchev–Trinajstić information content (AvgIpc) is 2.70. The Kier molecular flexibility index (Phi) is 5.80. The summed E-state index contributed by atoms with van der Waals surface area (Å²) in [6, 6.07) is 29.6. The predicted octanol–water partition coefficient (Wildman–Crippen LogP) is 5.49. The topological polar surface area (TPSA) is 17.1 Å². The number of benzene rings is 3. The zero-order valence-corrected chi connectivity index (χ0v) is 14.1. The van der Waals surface area contributed by atoms with Crippen molar-refractivity contribution < 1.29 is 4.79 Å². The molecular formula is C24H20O. The van der Waals surface area contributed by atoms with Gasteiger partial charge in [0.15, 0.2) is 5.78 Å². The van der Waals surface area contributed by atoms with Gasteiger partial charge >= 0.3 is 0 Å². The Bertz CT molecular complexity index is 855. The van der Waals surface area contributed by atoms with Gasteiger partial charge in [0.1, 0.15) is 0 Å². The van der Waals surface area contributed by atoms with E-state index < -0.39 is 0 Å². The lowest BCUT2D eigenvalue weighted by atomic mass is 9.92. The van der Waals surface area contributed by atoms with E-state index in [0.29, 0.717) is 6.42 Å². The predicted molar refractivity (Wildman–Crippen MR) is 103 cm³/mol. The third kappa shape index (κ3) is 4.93. The lowest BCUT2D eigenvalue weighted by molar-refractivity contribution is 0.0979. The van der Waals surface area contributed by atoms with E-state index in [1.807, 2.05) is 78.9 Å². The molecule has 0 bridgehead atoms. The van der Waals surface area contributed by atoms with Crippen LogP contribution in [0.5, 0.6) is 0 Å². The van der Waals surface area contributed by atoms with Crippen LogP contribution in [0.1, 0.15) is 40.2 Å². The summed E-state index contributed by atoms with van der Waals surface area (Å²) in [5, 5.41) is 0. The first-order chi connectivity index (χ1) is 12.3. The molecule has 0 saturated carbocycles. The summed E-state index contributed by atoms with van der Waals surface area (Å²) >= 11 is 0. The Balaban J connectivity index is 1.76. The lowest BCUT2D eigenvalue weighted by Crippen LogP contribution is -2.03. The van der Waals surface area contributed by atoms with Crippen LogP contribution >= 0.6 is 0 Å². The molecule has 3 aromatic carbocycles. The molecule has 0 aliphatic heterocycles. The first-order valence-corrected chi connectivity index (χ1v) is 8.53. The van der Waals surface area contributed by atoms with Crippen molar-refractivity contribution >= 4 is 5.78 Å². The van der Waals surface area contributed by atoms with Gasteiger partial charge in [-0.15, -0.1) is 0 Å². The normalized spacial score (nSPS) is 11.2. The fraction of sp³-hybridized carbons (Fsp3) is 0.125. The molecule has 0 aliphatic rings. The van der Waals surface area contributed by atoms with Crippen LogP contribution in [0, 0.1) is 11.8 Å². The van der Waals surface area contributed by atoms with Gasteiger partial charge in [-0.1, -0.05) is 90.7 Å². The summed E-state index contributed by atoms with van der Waals surface area (Å²) in [7, 11) is 0. The lowest BCUT2D eigenvalue weighted by Gasteiger charge is -2.11. The fourth-order valence-electron chi connectivity index (χ4n) is 2.74. The highest BCUT2D eigenvalue weighted by Gasteiger charge is 2.12. The molecule has 0 radical (unpaired) electrons. The Morgan fingerprint density at radius 2 is 1.32 bits per heavy atom. The minimum atomic E-state index is 0.0501. The van der Waals surface area contributed by atoms with Crippen LogP contribution in [0.4, 0.5) is 0 Å². The van der Waals surface area contributed by atoms with E-state index in [9.17, 15) is 4.79 Å². The van der Waals surface area contributed by atoms with E-state index in [1.54, 1.807) is 0 Å². The molecule has 0 fully saturated rings. The third-order valence-electron chi connectivity index (χ3n) is 4.12. The second-order valence-corrected chi connectivity index (χ2v) is 5.93. The third-order valence-corrected chi connectivity index (χ3v) is 4.12. The zero-order chi connectivity index (χ0) is 17.3. The maximum absolute atomic E-state index is 12.4. The number of carbonyl (C=O) groups excluding carboxylic acids is 1. The molecule has 3 rings (SSSR count). The maximum atomic E-state index is 12.4. The fourth-order valence-corrected chi connectivity index (χ4v) is 2.74. The van der Waals surface area contributed by atoms with Gasteiger partial charge in [0.2, 0.25) is 0 Å². The molecule has 1 heteroatoms. The molecule has 3 aromatic rings. The largest absolute Gasteiger partial charge is 0.294 e. The van der Waals surface area contributed by atoms with E-state index >= 15 is 0 Å². The highest BCUT2D eigenvalue weighted by atomic mass is 16.1. The summed E-state index contributed by atoms with van der Waals surface area (Å²) in [6.07, 6.45) is 1.21. The van der Waals surface area contributed by atoms with Crippen LogP contribution in [-0.4, -0.2) is 5.78 Å². The molecule has 0 spiro atoms. The van der Waals surface area contributed by atoms with Gasteiger partial charge < -0.3 is 0 Å². The Morgan fingerprint density at radius 1 is 0.760 bits per heavy atom. The first-order valence-electron chi connectivity index (χ1n) is 8.53. The average molecular weight is 324 g/mol. The summed E-state index contributed by atoms with van der Waals surface area (Å²) in [5.74, 6) is 6.82. The number of rotatable bonds is 5. The molecule has 0 saturated heterocycles. The summed E-state index contributed by atoms with van der Waals surface area (Å²) < 4.78 is 0. The molecule has 1 atom stereocenters. The van der Waals surface area contributed by atoms with Crippen molar-refractivity contribution in [3.63, 3.8) is 0 Å². The van der Waals surface area contributed by atoms with Crippen molar-refractivity contribution in [3.8, 4) is 11.8 Å². The van der Waals surface area contributed by atoms with Crippen LogP contribution in [0.2, 0.25) is 0 Å². The van der Waals surface area contributed by atoms with Crippen molar-refractivity contribution in [1.82, 2.24) is 0 Å². The molecule has 0 aliphatic carbocycles.